The maximum absolute atomic E-state index is 13.6. The highest BCUT2D eigenvalue weighted by Gasteiger charge is 2.44. The van der Waals surface area contributed by atoms with Gasteiger partial charge in [0.25, 0.3) is 0 Å². The molecule has 4 atom stereocenters. The second-order valence-electron chi connectivity index (χ2n) is 4.88. The molecule has 2 aliphatic heterocycles. The largest absolute Gasteiger partial charge is 0.388 e. The number of hydrogen-bond acceptors (Lipinski definition) is 2. The third-order valence-corrected chi connectivity index (χ3v) is 3.84. The van der Waals surface area contributed by atoms with Gasteiger partial charge in [0.2, 0.25) is 0 Å². The normalized spacial score (nSPS) is 33.0. The number of aliphatic hydroxyl groups excluding tert-OH is 1. The van der Waals surface area contributed by atoms with Crippen molar-refractivity contribution in [3.63, 3.8) is 0 Å². The fourth-order valence-corrected chi connectivity index (χ4v) is 2.98. The number of aliphatic hydroxyl groups is 1. The number of fused-ring (bicyclic) bond motifs is 2. The Labute approximate surface area is 98.2 Å². The van der Waals surface area contributed by atoms with E-state index in [-0.39, 0.29) is 23.7 Å². The van der Waals surface area contributed by atoms with Gasteiger partial charge >= 0.3 is 0 Å². The summed E-state index contributed by atoms with van der Waals surface area (Å²) in [5, 5.41) is 10.2. The minimum absolute atomic E-state index is 0.0273. The van der Waals surface area contributed by atoms with Crippen molar-refractivity contribution in [2.75, 3.05) is 0 Å². The molecule has 1 aromatic carbocycles. The van der Waals surface area contributed by atoms with Gasteiger partial charge in [-0.15, -0.1) is 0 Å². The molecule has 0 radical (unpaired) electrons. The first kappa shape index (κ1) is 11.1. The summed E-state index contributed by atoms with van der Waals surface area (Å²) in [6.07, 6.45) is 2.06. The quantitative estimate of drug-likeness (QED) is 0.860. The van der Waals surface area contributed by atoms with Crippen LogP contribution in [0.1, 0.15) is 30.9 Å². The molecule has 0 aromatic heterocycles. The molecule has 17 heavy (non-hydrogen) atoms. The topological polar surface area (TPSA) is 29.5 Å². The maximum atomic E-state index is 13.6. The molecule has 1 aromatic rings. The minimum atomic E-state index is -0.897. The first-order valence-corrected chi connectivity index (χ1v) is 5.93. The van der Waals surface area contributed by atoms with Gasteiger partial charge in [0.05, 0.1) is 18.3 Å². The van der Waals surface area contributed by atoms with Crippen LogP contribution in [0.3, 0.4) is 0 Å². The smallest absolute Gasteiger partial charge is 0.131 e. The zero-order valence-electron chi connectivity index (χ0n) is 9.27. The van der Waals surface area contributed by atoms with Gasteiger partial charge in [-0.2, -0.15) is 0 Å². The van der Waals surface area contributed by atoms with Gasteiger partial charge in [-0.3, -0.25) is 0 Å². The molecular weight excluding hydrogens is 226 g/mol. The average molecular weight is 240 g/mol. The minimum Gasteiger partial charge on any atom is -0.388 e. The van der Waals surface area contributed by atoms with E-state index in [9.17, 15) is 13.9 Å². The molecule has 0 spiro atoms. The van der Waals surface area contributed by atoms with E-state index in [1.165, 1.54) is 12.1 Å². The average Bonchev–Trinajstić information content (AvgIpc) is 2.89. The molecule has 2 saturated heterocycles. The molecule has 0 amide bonds. The predicted molar refractivity (Wildman–Crippen MR) is 57.3 cm³/mol. The highest BCUT2D eigenvalue weighted by molar-refractivity contribution is 5.22. The molecule has 0 saturated carbocycles. The van der Waals surface area contributed by atoms with E-state index in [1.807, 2.05) is 0 Å². The Morgan fingerprint density at radius 1 is 1.29 bits per heavy atom. The number of rotatable bonds is 2. The third-order valence-electron chi connectivity index (χ3n) is 3.84. The van der Waals surface area contributed by atoms with E-state index in [2.05, 4.69) is 0 Å². The summed E-state index contributed by atoms with van der Waals surface area (Å²) in [4.78, 5) is 0. The fourth-order valence-electron chi connectivity index (χ4n) is 2.98. The van der Waals surface area contributed by atoms with Crippen molar-refractivity contribution in [3.05, 3.63) is 35.4 Å². The van der Waals surface area contributed by atoms with E-state index in [1.54, 1.807) is 0 Å². The van der Waals surface area contributed by atoms with Crippen LogP contribution in [0.15, 0.2) is 18.2 Å². The fraction of sp³-hybridized carbons (Fsp3) is 0.538. The molecule has 4 heteroatoms. The highest BCUT2D eigenvalue weighted by Crippen LogP contribution is 2.44. The van der Waals surface area contributed by atoms with Crippen LogP contribution < -0.4 is 0 Å². The molecule has 2 bridgehead atoms. The summed E-state index contributed by atoms with van der Waals surface area (Å²) in [7, 11) is 0. The summed E-state index contributed by atoms with van der Waals surface area (Å²) in [5.74, 6) is -1.36. The zero-order chi connectivity index (χ0) is 12.0. The van der Waals surface area contributed by atoms with Crippen molar-refractivity contribution in [3.8, 4) is 0 Å². The highest BCUT2D eigenvalue weighted by atomic mass is 19.1. The van der Waals surface area contributed by atoms with E-state index >= 15 is 0 Å². The lowest BCUT2D eigenvalue weighted by Gasteiger charge is -2.24. The van der Waals surface area contributed by atoms with Gasteiger partial charge in [0, 0.05) is 17.5 Å². The van der Waals surface area contributed by atoms with Crippen LogP contribution in [0.5, 0.6) is 0 Å². The van der Waals surface area contributed by atoms with Crippen molar-refractivity contribution in [1.82, 2.24) is 0 Å². The molecule has 2 heterocycles. The van der Waals surface area contributed by atoms with Crippen LogP contribution in [-0.4, -0.2) is 17.3 Å². The molecular formula is C13H14F2O2. The van der Waals surface area contributed by atoms with Gasteiger partial charge in [-0.1, -0.05) is 6.07 Å². The van der Waals surface area contributed by atoms with Crippen LogP contribution in [0.2, 0.25) is 0 Å². The van der Waals surface area contributed by atoms with Gasteiger partial charge in [-0.25, -0.2) is 8.78 Å². The van der Waals surface area contributed by atoms with Crippen molar-refractivity contribution < 1.29 is 18.6 Å². The second kappa shape index (κ2) is 4.03. The molecule has 0 aliphatic carbocycles. The monoisotopic (exact) mass is 240 g/mol. The summed E-state index contributed by atoms with van der Waals surface area (Å²) in [6.45, 7) is 0. The summed E-state index contributed by atoms with van der Waals surface area (Å²) >= 11 is 0. The van der Waals surface area contributed by atoms with E-state index < -0.39 is 17.7 Å². The lowest BCUT2D eigenvalue weighted by Crippen LogP contribution is -2.24. The lowest BCUT2D eigenvalue weighted by molar-refractivity contribution is 0.0406. The van der Waals surface area contributed by atoms with Gasteiger partial charge in [0.1, 0.15) is 11.6 Å². The van der Waals surface area contributed by atoms with Crippen LogP contribution in [0.25, 0.3) is 0 Å². The molecule has 4 unspecified atom stereocenters. The van der Waals surface area contributed by atoms with Gasteiger partial charge in [-0.05, 0) is 25.3 Å². The van der Waals surface area contributed by atoms with E-state index in [0.29, 0.717) is 0 Å². The van der Waals surface area contributed by atoms with E-state index in [4.69, 9.17) is 4.74 Å². The first-order valence-electron chi connectivity index (χ1n) is 5.93. The van der Waals surface area contributed by atoms with Crippen LogP contribution in [0, 0.1) is 17.6 Å². The van der Waals surface area contributed by atoms with Crippen LogP contribution >= 0.6 is 0 Å². The van der Waals surface area contributed by atoms with Crippen molar-refractivity contribution in [2.45, 2.75) is 37.6 Å². The van der Waals surface area contributed by atoms with Crippen LogP contribution in [-0.2, 0) is 4.74 Å². The van der Waals surface area contributed by atoms with Gasteiger partial charge < -0.3 is 9.84 Å². The van der Waals surface area contributed by atoms with Crippen molar-refractivity contribution in [2.24, 2.45) is 5.92 Å². The summed E-state index contributed by atoms with van der Waals surface area (Å²) < 4.78 is 32.0. The zero-order valence-corrected chi connectivity index (χ0v) is 9.27. The standard InChI is InChI=1S/C13H14F2O2/c14-7-1-3-9(11(15)5-7)13(16)10-6-8-2-4-12(10)17-8/h1,3,5,8,10,12-13,16H,2,4,6H2. The predicted octanol–water partition coefficient (Wildman–Crippen LogP) is 2.57. The molecule has 2 fully saturated rings. The number of benzene rings is 1. The van der Waals surface area contributed by atoms with Crippen molar-refractivity contribution in [1.29, 1.82) is 0 Å². The number of hydrogen-bond donors (Lipinski definition) is 1. The molecule has 1 N–H and O–H groups in total. The lowest BCUT2D eigenvalue weighted by atomic mass is 9.82. The first-order chi connectivity index (χ1) is 8.15. The van der Waals surface area contributed by atoms with Crippen molar-refractivity contribution >= 4 is 0 Å². The third kappa shape index (κ3) is 1.85. The Kier molecular flexibility index (Phi) is 2.64. The summed E-state index contributed by atoms with van der Waals surface area (Å²) in [5.41, 5.74) is 0.174. The van der Waals surface area contributed by atoms with Crippen LogP contribution in [0.4, 0.5) is 8.78 Å². The van der Waals surface area contributed by atoms with Gasteiger partial charge in [0.15, 0.2) is 0 Å². The molecule has 2 aliphatic rings. The Morgan fingerprint density at radius 2 is 2.12 bits per heavy atom. The Bertz CT molecular complexity index is 435. The Balaban J connectivity index is 1.84. The Hall–Kier alpha value is -1.00. The summed E-state index contributed by atoms with van der Waals surface area (Å²) in [6, 6.07) is 3.31. The number of ether oxygens (including phenoxy) is 1. The van der Waals surface area contributed by atoms with E-state index in [0.717, 1.165) is 25.3 Å². The molecule has 2 nitrogen and oxygen atoms in total. The number of halogens is 2. The maximum Gasteiger partial charge on any atom is 0.131 e. The molecule has 92 valence electrons. The second-order valence-corrected chi connectivity index (χ2v) is 4.88. The molecule has 3 rings (SSSR count). The SMILES string of the molecule is OC(c1ccc(F)cc1F)C1CC2CCC1O2. The Morgan fingerprint density at radius 3 is 2.71 bits per heavy atom.